The van der Waals surface area contributed by atoms with E-state index in [1.165, 1.54) is 22.8 Å². The molecule has 0 amide bonds. The van der Waals surface area contributed by atoms with Gasteiger partial charge in [0.05, 0.1) is 15.8 Å². The zero-order chi connectivity index (χ0) is 16.4. The average Bonchev–Trinajstić information content (AvgIpc) is 2.57. The molecular weight excluding hydrogens is 296 g/mol. The molecule has 7 nitrogen and oxygen atoms in total. The summed E-state index contributed by atoms with van der Waals surface area (Å²) in [6.07, 6.45) is 0. The third kappa shape index (κ3) is 2.69. The van der Waals surface area contributed by atoms with Gasteiger partial charge in [-0.05, 0) is 6.07 Å². The first-order valence-corrected chi connectivity index (χ1v) is 7.06. The molecule has 3 aromatic rings. The molecule has 1 aromatic heterocycles. The molecule has 0 saturated heterocycles. The number of hydrogen-bond acceptors (Lipinski definition) is 5. The summed E-state index contributed by atoms with van der Waals surface area (Å²) in [7, 11) is 0. The van der Waals surface area contributed by atoms with Crippen molar-refractivity contribution in [3.63, 3.8) is 0 Å². The molecule has 0 atom stereocenters. The van der Waals surface area contributed by atoms with Crippen LogP contribution in [0.3, 0.4) is 0 Å². The lowest BCUT2D eigenvalue weighted by Gasteiger charge is -2.12. The van der Waals surface area contributed by atoms with Crippen LogP contribution >= 0.6 is 0 Å². The van der Waals surface area contributed by atoms with E-state index in [0.717, 1.165) is 5.56 Å². The van der Waals surface area contributed by atoms with E-state index in [9.17, 15) is 14.9 Å². The number of hydrogen-bond donors (Lipinski definition) is 1. The number of rotatable bonds is 4. The van der Waals surface area contributed by atoms with Crippen LogP contribution in [0.25, 0.3) is 22.3 Å². The molecule has 2 N–H and O–H groups in total. The lowest BCUT2D eigenvalue weighted by Crippen LogP contribution is -2.26. The van der Waals surface area contributed by atoms with E-state index < -0.39 is 4.92 Å². The largest absolute Gasteiger partial charge is 0.329 e. The number of nitrogens with zero attached hydrogens (tertiary/aromatic N) is 3. The van der Waals surface area contributed by atoms with Crippen molar-refractivity contribution in [1.29, 1.82) is 0 Å². The van der Waals surface area contributed by atoms with Crippen LogP contribution in [0.1, 0.15) is 0 Å². The summed E-state index contributed by atoms with van der Waals surface area (Å²) >= 11 is 0. The Balaban J connectivity index is 2.33. The van der Waals surface area contributed by atoms with E-state index in [0.29, 0.717) is 11.3 Å². The van der Waals surface area contributed by atoms with Gasteiger partial charge >= 0.3 is 0 Å². The smallest absolute Gasteiger partial charge is 0.270 e. The molecule has 116 valence electrons. The maximum absolute atomic E-state index is 12.7. The minimum atomic E-state index is -0.530. The maximum atomic E-state index is 12.7. The zero-order valence-corrected chi connectivity index (χ0v) is 12.2. The summed E-state index contributed by atoms with van der Waals surface area (Å²) in [6.45, 7) is 0.552. The van der Waals surface area contributed by atoms with Gasteiger partial charge < -0.3 is 5.73 Å². The van der Waals surface area contributed by atoms with Crippen LogP contribution in [0.5, 0.6) is 0 Å². The summed E-state index contributed by atoms with van der Waals surface area (Å²) < 4.78 is 1.46. The minimum Gasteiger partial charge on any atom is -0.329 e. The second kappa shape index (κ2) is 5.98. The van der Waals surface area contributed by atoms with E-state index >= 15 is 0 Å². The predicted octanol–water partition coefficient (Wildman–Crippen LogP) is 1.93. The van der Waals surface area contributed by atoms with Gasteiger partial charge in [0, 0.05) is 30.8 Å². The molecule has 0 spiro atoms. The van der Waals surface area contributed by atoms with Crippen molar-refractivity contribution in [1.82, 2.24) is 9.55 Å². The van der Waals surface area contributed by atoms with E-state index in [1.54, 1.807) is 0 Å². The Hall–Kier alpha value is -3.06. The highest BCUT2D eigenvalue weighted by Crippen LogP contribution is 2.21. The van der Waals surface area contributed by atoms with Crippen LogP contribution in [0.2, 0.25) is 0 Å². The third-order valence-electron chi connectivity index (χ3n) is 3.53. The molecule has 0 aliphatic rings. The highest BCUT2D eigenvalue weighted by atomic mass is 16.6. The molecule has 7 heteroatoms. The quantitative estimate of drug-likeness (QED) is 0.585. The van der Waals surface area contributed by atoms with Crippen molar-refractivity contribution >= 4 is 16.6 Å². The van der Waals surface area contributed by atoms with Gasteiger partial charge in [-0.15, -0.1) is 0 Å². The van der Waals surface area contributed by atoms with Gasteiger partial charge in [0.15, 0.2) is 0 Å². The highest BCUT2D eigenvalue weighted by Gasteiger charge is 2.15. The monoisotopic (exact) mass is 310 g/mol. The van der Waals surface area contributed by atoms with Gasteiger partial charge in [0.1, 0.15) is 5.82 Å². The van der Waals surface area contributed by atoms with Gasteiger partial charge in [-0.1, -0.05) is 30.3 Å². The van der Waals surface area contributed by atoms with Gasteiger partial charge in [-0.25, -0.2) is 4.98 Å². The van der Waals surface area contributed by atoms with Crippen molar-refractivity contribution in [2.75, 3.05) is 6.54 Å². The number of benzene rings is 2. The second-order valence-electron chi connectivity index (χ2n) is 5.01. The lowest BCUT2D eigenvalue weighted by molar-refractivity contribution is -0.384. The fourth-order valence-corrected chi connectivity index (χ4v) is 2.47. The summed E-state index contributed by atoms with van der Waals surface area (Å²) in [4.78, 5) is 27.6. The van der Waals surface area contributed by atoms with E-state index in [-0.39, 0.29) is 29.7 Å². The first-order valence-electron chi connectivity index (χ1n) is 7.06. The van der Waals surface area contributed by atoms with Crippen molar-refractivity contribution in [2.45, 2.75) is 6.54 Å². The lowest BCUT2D eigenvalue weighted by atomic mass is 10.1. The third-order valence-corrected chi connectivity index (χ3v) is 3.53. The Bertz CT molecular complexity index is 935. The molecule has 0 radical (unpaired) electrons. The summed E-state index contributed by atoms with van der Waals surface area (Å²) in [5.74, 6) is 0.502. The van der Waals surface area contributed by atoms with Gasteiger partial charge in [0.25, 0.3) is 11.2 Å². The Morgan fingerprint density at radius 2 is 1.91 bits per heavy atom. The maximum Gasteiger partial charge on any atom is 0.270 e. The second-order valence-corrected chi connectivity index (χ2v) is 5.01. The van der Waals surface area contributed by atoms with Crippen LogP contribution in [0.15, 0.2) is 53.3 Å². The first-order chi connectivity index (χ1) is 11.1. The summed E-state index contributed by atoms with van der Waals surface area (Å²) in [5.41, 5.74) is 6.35. The molecule has 0 aliphatic heterocycles. The fraction of sp³-hybridized carbons (Fsp3) is 0.125. The van der Waals surface area contributed by atoms with Crippen LogP contribution in [-0.4, -0.2) is 21.0 Å². The van der Waals surface area contributed by atoms with Crippen LogP contribution in [-0.2, 0) is 6.54 Å². The van der Waals surface area contributed by atoms with Crippen molar-refractivity contribution in [3.8, 4) is 11.4 Å². The van der Waals surface area contributed by atoms with Crippen molar-refractivity contribution < 1.29 is 4.92 Å². The summed E-state index contributed by atoms with van der Waals surface area (Å²) in [6, 6.07) is 13.4. The zero-order valence-electron chi connectivity index (χ0n) is 12.2. The summed E-state index contributed by atoms with van der Waals surface area (Å²) in [5, 5.41) is 11.1. The molecule has 1 heterocycles. The predicted molar refractivity (Wildman–Crippen MR) is 87.1 cm³/mol. The number of nitro benzene ring substituents is 1. The van der Waals surface area contributed by atoms with Gasteiger partial charge in [-0.2, -0.15) is 0 Å². The molecule has 0 saturated carbocycles. The molecule has 0 aliphatic carbocycles. The topological polar surface area (TPSA) is 104 Å². The molecule has 0 unspecified atom stereocenters. The number of nitrogens with two attached hydrogens (primary N) is 1. The number of nitro groups is 1. The van der Waals surface area contributed by atoms with Crippen LogP contribution in [0, 0.1) is 10.1 Å². The van der Waals surface area contributed by atoms with Gasteiger partial charge in [0.2, 0.25) is 0 Å². The first kappa shape index (κ1) is 14.9. The Morgan fingerprint density at radius 1 is 1.17 bits per heavy atom. The van der Waals surface area contributed by atoms with Gasteiger partial charge in [-0.3, -0.25) is 19.5 Å². The molecule has 0 bridgehead atoms. The van der Waals surface area contributed by atoms with Crippen molar-refractivity contribution in [2.24, 2.45) is 5.73 Å². The Kier molecular flexibility index (Phi) is 3.86. The average molecular weight is 310 g/mol. The van der Waals surface area contributed by atoms with Crippen molar-refractivity contribution in [3.05, 3.63) is 69.0 Å². The molecule has 23 heavy (non-hydrogen) atoms. The Labute approximate surface area is 131 Å². The highest BCUT2D eigenvalue weighted by molar-refractivity contribution is 5.82. The molecular formula is C16H14N4O3. The number of fused-ring (bicyclic) bond motifs is 1. The molecule has 0 fully saturated rings. The molecule has 2 aromatic carbocycles. The van der Waals surface area contributed by atoms with E-state index in [2.05, 4.69) is 4.98 Å². The molecule has 3 rings (SSSR count). The minimum absolute atomic E-state index is 0.136. The SMILES string of the molecule is NCCn1c(-c2ccccc2)nc2ccc([N+](=O)[O-])cc2c1=O. The van der Waals surface area contributed by atoms with E-state index in [1.807, 2.05) is 30.3 Å². The van der Waals surface area contributed by atoms with Crippen LogP contribution < -0.4 is 11.3 Å². The fourth-order valence-electron chi connectivity index (χ4n) is 2.47. The van der Waals surface area contributed by atoms with Crippen LogP contribution in [0.4, 0.5) is 5.69 Å². The standard InChI is InChI=1S/C16H14N4O3/c17-8-9-19-15(11-4-2-1-3-5-11)18-14-7-6-12(20(22)23)10-13(14)16(19)21/h1-7,10H,8-9,17H2. The Morgan fingerprint density at radius 3 is 2.57 bits per heavy atom. The number of aromatic nitrogens is 2. The van der Waals surface area contributed by atoms with E-state index in [4.69, 9.17) is 5.73 Å². The number of non-ortho nitro benzene ring substituents is 1. The normalized spacial score (nSPS) is 10.8.